The SMILES string of the molecule is NCc1cnccc1-c1ccsc1. The summed E-state index contributed by atoms with van der Waals surface area (Å²) in [7, 11) is 0. The third-order valence-corrected chi connectivity index (χ3v) is 2.64. The van der Waals surface area contributed by atoms with E-state index in [9.17, 15) is 0 Å². The predicted molar refractivity (Wildman–Crippen MR) is 55.4 cm³/mol. The Morgan fingerprint density at radius 3 is 3.00 bits per heavy atom. The number of nitrogens with two attached hydrogens (primary N) is 1. The number of rotatable bonds is 2. The third-order valence-electron chi connectivity index (χ3n) is 1.96. The van der Waals surface area contributed by atoms with Gasteiger partial charge < -0.3 is 5.73 Å². The molecule has 66 valence electrons. The van der Waals surface area contributed by atoms with Crippen molar-refractivity contribution in [2.75, 3.05) is 0 Å². The molecule has 0 radical (unpaired) electrons. The highest BCUT2D eigenvalue weighted by Crippen LogP contribution is 2.24. The second kappa shape index (κ2) is 3.68. The largest absolute Gasteiger partial charge is 0.326 e. The Hall–Kier alpha value is -1.19. The van der Waals surface area contributed by atoms with Gasteiger partial charge in [0.15, 0.2) is 0 Å². The van der Waals surface area contributed by atoms with Crippen LogP contribution in [-0.2, 0) is 6.54 Å². The van der Waals surface area contributed by atoms with Crippen LogP contribution < -0.4 is 5.73 Å². The van der Waals surface area contributed by atoms with Gasteiger partial charge in [0, 0.05) is 18.9 Å². The van der Waals surface area contributed by atoms with Crippen LogP contribution in [-0.4, -0.2) is 4.98 Å². The van der Waals surface area contributed by atoms with E-state index in [1.807, 2.05) is 12.3 Å². The summed E-state index contributed by atoms with van der Waals surface area (Å²) >= 11 is 1.69. The molecular formula is C10H10N2S. The molecule has 0 aliphatic carbocycles. The average Bonchev–Trinajstić information content (AvgIpc) is 2.70. The van der Waals surface area contributed by atoms with Crippen molar-refractivity contribution in [1.82, 2.24) is 4.98 Å². The number of hydrogen-bond donors (Lipinski definition) is 1. The molecule has 0 aromatic carbocycles. The zero-order valence-corrected chi connectivity index (χ0v) is 7.92. The van der Waals surface area contributed by atoms with Gasteiger partial charge in [0.2, 0.25) is 0 Å². The average molecular weight is 190 g/mol. The van der Waals surface area contributed by atoms with E-state index in [-0.39, 0.29) is 0 Å². The molecule has 0 spiro atoms. The normalized spacial score (nSPS) is 10.2. The van der Waals surface area contributed by atoms with E-state index in [0.717, 1.165) is 5.56 Å². The number of aromatic nitrogens is 1. The number of nitrogens with zero attached hydrogens (tertiary/aromatic N) is 1. The van der Waals surface area contributed by atoms with E-state index >= 15 is 0 Å². The molecule has 2 N–H and O–H groups in total. The molecule has 2 heterocycles. The summed E-state index contributed by atoms with van der Waals surface area (Å²) in [6, 6.07) is 4.10. The molecule has 0 bridgehead atoms. The summed E-state index contributed by atoms with van der Waals surface area (Å²) in [5.74, 6) is 0. The van der Waals surface area contributed by atoms with E-state index in [4.69, 9.17) is 5.73 Å². The molecule has 0 saturated carbocycles. The maximum Gasteiger partial charge on any atom is 0.0318 e. The minimum atomic E-state index is 0.541. The molecular weight excluding hydrogens is 180 g/mol. The summed E-state index contributed by atoms with van der Waals surface area (Å²) < 4.78 is 0. The van der Waals surface area contributed by atoms with Crippen LogP contribution in [0.2, 0.25) is 0 Å². The smallest absolute Gasteiger partial charge is 0.0318 e. The maximum absolute atomic E-state index is 5.62. The van der Waals surface area contributed by atoms with Gasteiger partial charge in [-0.2, -0.15) is 11.3 Å². The van der Waals surface area contributed by atoms with Gasteiger partial charge in [0.1, 0.15) is 0 Å². The fraction of sp³-hybridized carbons (Fsp3) is 0.100. The molecule has 2 aromatic rings. The highest BCUT2D eigenvalue weighted by atomic mass is 32.1. The quantitative estimate of drug-likeness (QED) is 0.789. The Balaban J connectivity index is 2.51. The van der Waals surface area contributed by atoms with E-state index in [2.05, 4.69) is 21.8 Å². The van der Waals surface area contributed by atoms with Gasteiger partial charge in [-0.15, -0.1) is 0 Å². The molecule has 0 saturated heterocycles. The Morgan fingerprint density at radius 2 is 2.31 bits per heavy atom. The Bertz CT molecular complexity index is 382. The van der Waals surface area contributed by atoms with Crippen LogP contribution >= 0.6 is 11.3 Å². The second-order valence-electron chi connectivity index (χ2n) is 2.75. The highest BCUT2D eigenvalue weighted by Gasteiger charge is 2.02. The summed E-state index contributed by atoms with van der Waals surface area (Å²) in [6.07, 6.45) is 3.62. The lowest BCUT2D eigenvalue weighted by Gasteiger charge is -2.03. The summed E-state index contributed by atoms with van der Waals surface area (Å²) in [4.78, 5) is 4.05. The fourth-order valence-corrected chi connectivity index (χ4v) is 1.95. The lowest BCUT2D eigenvalue weighted by molar-refractivity contribution is 1.05. The maximum atomic E-state index is 5.62. The van der Waals surface area contributed by atoms with E-state index in [1.165, 1.54) is 11.1 Å². The molecule has 13 heavy (non-hydrogen) atoms. The van der Waals surface area contributed by atoms with E-state index < -0.39 is 0 Å². The Kier molecular flexibility index (Phi) is 2.38. The first-order chi connectivity index (χ1) is 6.42. The zero-order chi connectivity index (χ0) is 9.10. The molecule has 2 nitrogen and oxygen atoms in total. The summed E-state index contributed by atoms with van der Waals surface area (Å²) in [5.41, 5.74) is 9.14. The van der Waals surface area contributed by atoms with Crippen molar-refractivity contribution in [2.45, 2.75) is 6.54 Å². The first-order valence-corrected chi connectivity index (χ1v) is 5.01. The lowest BCUT2D eigenvalue weighted by Crippen LogP contribution is -1.98. The first-order valence-electron chi connectivity index (χ1n) is 4.07. The molecule has 0 fully saturated rings. The lowest BCUT2D eigenvalue weighted by atomic mass is 10.1. The topological polar surface area (TPSA) is 38.9 Å². The van der Waals surface area contributed by atoms with Crippen LogP contribution in [0.1, 0.15) is 5.56 Å². The van der Waals surface area contributed by atoms with Crippen molar-refractivity contribution in [1.29, 1.82) is 0 Å². The molecule has 3 heteroatoms. The Labute approximate surface area is 81.1 Å². The second-order valence-corrected chi connectivity index (χ2v) is 3.53. The van der Waals surface area contributed by atoms with E-state index in [0.29, 0.717) is 6.54 Å². The third kappa shape index (κ3) is 1.61. The van der Waals surface area contributed by atoms with Crippen LogP contribution in [0.25, 0.3) is 11.1 Å². The number of hydrogen-bond acceptors (Lipinski definition) is 3. The molecule has 2 rings (SSSR count). The zero-order valence-electron chi connectivity index (χ0n) is 7.10. The molecule has 0 unspecified atom stereocenters. The molecule has 0 aliphatic rings. The first kappa shape index (κ1) is 8.41. The van der Waals surface area contributed by atoms with Crippen LogP contribution in [0.3, 0.4) is 0 Å². The van der Waals surface area contributed by atoms with Gasteiger partial charge in [0.05, 0.1) is 0 Å². The van der Waals surface area contributed by atoms with Crippen molar-refractivity contribution in [3.63, 3.8) is 0 Å². The molecule has 0 atom stereocenters. The summed E-state index contributed by atoms with van der Waals surface area (Å²) in [5, 5.41) is 4.19. The Morgan fingerprint density at radius 1 is 1.38 bits per heavy atom. The van der Waals surface area contributed by atoms with Crippen LogP contribution in [0.4, 0.5) is 0 Å². The van der Waals surface area contributed by atoms with Gasteiger partial charge in [-0.05, 0) is 39.6 Å². The van der Waals surface area contributed by atoms with Gasteiger partial charge >= 0.3 is 0 Å². The van der Waals surface area contributed by atoms with Crippen LogP contribution in [0.15, 0.2) is 35.3 Å². The van der Waals surface area contributed by atoms with Gasteiger partial charge in [-0.3, -0.25) is 4.98 Å². The fourth-order valence-electron chi connectivity index (χ4n) is 1.29. The standard InChI is InChI=1S/C10H10N2S/c11-5-9-6-12-3-1-10(9)8-2-4-13-7-8/h1-4,6-7H,5,11H2. The molecule has 0 amide bonds. The van der Waals surface area contributed by atoms with Gasteiger partial charge in [0.25, 0.3) is 0 Å². The molecule has 2 aromatic heterocycles. The van der Waals surface area contributed by atoms with Gasteiger partial charge in [-0.25, -0.2) is 0 Å². The van der Waals surface area contributed by atoms with Crippen LogP contribution in [0, 0.1) is 0 Å². The minimum Gasteiger partial charge on any atom is -0.326 e. The molecule has 0 aliphatic heterocycles. The van der Waals surface area contributed by atoms with Crippen LogP contribution in [0.5, 0.6) is 0 Å². The van der Waals surface area contributed by atoms with E-state index in [1.54, 1.807) is 17.5 Å². The van der Waals surface area contributed by atoms with Gasteiger partial charge in [-0.1, -0.05) is 0 Å². The van der Waals surface area contributed by atoms with Crippen molar-refractivity contribution >= 4 is 11.3 Å². The predicted octanol–water partition coefficient (Wildman–Crippen LogP) is 2.27. The number of thiophene rings is 1. The van der Waals surface area contributed by atoms with Crippen molar-refractivity contribution < 1.29 is 0 Å². The van der Waals surface area contributed by atoms with Crippen molar-refractivity contribution in [3.8, 4) is 11.1 Å². The van der Waals surface area contributed by atoms with Crippen molar-refractivity contribution in [3.05, 3.63) is 40.8 Å². The monoisotopic (exact) mass is 190 g/mol. The summed E-state index contributed by atoms with van der Waals surface area (Å²) in [6.45, 7) is 0.541. The highest BCUT2D eigenvalue weighted by molar-refractivity contribution is 7.08. The number of pyridine rings is 1. The van der Waals surface area contributed by atoms with Crippen molar-refractivity contribution in [2.24, 2.45) is 5.73 Å². The minimum absolute atomic E-state index is 0.541.